The van der Waals surface area contributed by atoms with Crippen LogP contribution in [0.4, 0.5) is 0 Å². The van der Waals surface area contributed by atoms with Gasteiger partial charge in [0.15, 0.2) is 5.69 Å². The van der Waals surface area contributed by atoms with Gasteiger partial charge in [0, 0.05) is 23.2 Å². The molecule has 0 spiro atoms. The highest BCUT2D eigenvalue weighted by atomic mass is 32.1. The Hall–Kier alpha value is -2.22. The summed E-state index contributed by atoms with van der Waals surface area (Å²) in [5.41, 5.74) is 2.83. The van der Waals surface area contributed by atoms with Crippen LogP contribution in [0.2, 0.25) is 0 Å². The molecule has 2 heterocycles. The van der Waals surface area contributed by atoms with Gasteiger partial charge in [-0.2, -0.15) is 5.10 Å². The highest BCUT2D eigenvalue weighted by molar-refractivity contribution is 7.09. The van der Waals surface area contributed by atoms with Gasteiger partial charge in [-0.25, -0.2) is 9.78 Å². The molecule has 0 fully saturated rings. The first kappa shape index (κ1) is 18.1. The fourth-order valence-corrected chi connectivity index (χ4v) is 3.11. The minimum atomic E-state index is -1.06. The van der Waals surface area contributed by atoms with E-state index in [0.717, 1.165) is 23.5 Å². The minimum absolute atomic E-state index is 0.00546. The molecule has 0 saturated carbocycles. The van der Waals surface area contributed by atoms with Crippen LogP contribution >= 0.6 is 11.3 Å². The smallest absolute Gasteiger partial charge is 0.355 e. The number of rotatable bonds is 7. The molecule has 0 aliphatic heterocycles. The fraction of sp³-hybridized carbons (Fsp3) is 0.500. The molecule has 2 N–H and O–H groups in total. The van der Waals surface area contributed by atoms with Gasteiger partial charge in [0.2, 0.25) is 5.91 Å². The van der Waals surface area contributed by atoms with Crippen molar-refractivity contribution in [3.8, 4) is 0 Å². The molecule has 2 rings (SSSR count). The van der Waals surface area contributed by atoms with E-state index < -0.39 is 5.97 Å². The highest BCUT2D eigenvalue weighted by Gasteiger charge is 2.16. The lowest BCUT2D eigenvalue weighted by Gasteiger charge is -2.08. The Kier molecular flexibility index (Phi) is 5.71. The Morgan fingerprint density at radius 1 is 1.38 bits per heavy atom. The molecule has 0 saturated heterocycles. The number of nitrogens with one attached hydrogen (secondary N) is 1. The van der Waals surface area contributed by atoms with Crippen LogP contribution in [0.1, 0.15) is 46.3 Å². The van der Waals surface area contributed by atoms with Gasteiger partial charge in [-0.1, -0.05) is 13.8 Å². The molecule has 0 aliphatic carbocycles. The maximum atomic E-state index is 12.2. The lowest BCUT2D eigenvalue weighted by Crippen LogP contribution is -2.25. The number of nitrogens with zero attached hydrogens (tertiary/aromatic N) is 3. The number of hydrogen-bond donors (Lipinski definition) is 2. The number of aryl methyl sites for hydroxylation is 1. The first-order valence-electron chi connectivity index (χ1n) is 7.75. The molecule has 1 amide bonds. The van der Waals surface area contributed by atoms with E-state index in [-0.39, 0.29) is 24.6 Å². The largest absolute Gasteiger partial charge is 0.476 e. The summed E-state index contributed by atoms with van der Waals surface area (Å²) in [6.45, 7) is 9.20. The van der Waals surface area contributed by atoms with Gasteiger partial charge in [0.1, 0.15) is 5.01 Å². The van der Waals surface area contributed by atoms with E-state index >= 15 is 0 Å². The molecular formula is C16H22N4O3S. The van der Waals surface area contributed by atoms with E-state index in [1.165, 1.54) is 16.7 Å². The molecule has 0 aliphatic rings. The zero-order valence-electron chi connectivity index (χ0n) is 14.3. The maximum absolute atomic E-state index is 12.2. The van der Waals surface area contributed by atoms with Crippen molar-refractivity contribution in [1.82, 2.24) is 20.1 Å². The fourth-order valence-electron chi connectivity index (χ4n) is 2.40. The van der Waals surface area contributed by atoms with Crippen LogP contribution in [-0.2, 0) is 24.3 Å². The van der Waals surface area contributed by atoms with Crippen LogP contribution in [0.15, 0.2) is 5.38 Å². The number of carboxylic acids is 1. The Morgan fingerprint density at radius 3 is 2.67 bits per heavy atom. The van der Waals surface area contributed by atoms with Gasteiger partial charge in [-0.15, -0.1) is 11.3 Å². The van der Waals surface area contributed by atoms with Crippen LogP contribution in [-0.4, -0.2) is 31.7 Å². The average molecular weight is 350 g/mol. The monoisotopic (exact) mass is 350 g/mol. The van der Waals surface area contributed by atoms with Crippen LogP contribution in [0.3, 0.4) is 0 Å². The van der Waals surface area contributed by atoms with Crippen molar-refractivity contribution in [2.75, 3.05) is 0 Å². The van der Waals surface area contributed by atoms with Crippen molar-refractivity contribution in [2.24, 2.45) is 5.92 Å². The van der Waals surface area contributed by atoms with Gasteiger partial charge < -0.3 is 10.4 Å². The summed E-state index contributed by atoms with van der Waals surface area (Å²) in [6.07, 6.45) is 0.257. The molecular weight excluding hydrogens is 328 g/mol. The van der Waals surface area contributed by atoms with Crippen molar-refractivity contribution >= 4 is 23.2 Å². The summed E-state index contributed by atoms with van der Waals surface area (Å²) in [7, 11) is 0. The van der Waals surface area contributed by atoms with Gasteiger partial charge in [0.05, 0.1) is 18.7 Å². The molecule has 7 nitrogen and oxygen atoms in total. The number of aromatic carboxylic acids is 1. The summed E-state index contributed by atoms with van der Waals surface area (Å²) in [4.78, 5) is 26.9. The normalized spacial score (nSPS) is 11.0. The first-order valence-corrected chi connectivity index (χ1v) is 8.63. The predicted molar refractivity (Wildman–Crippen MR) is 91.2 cm³/mol. The van der Waals surface area contributed by atoms with Crippen molar-refractivity contribution in [2.45, 2.75) is 47.2 Å². The van der Waals surface area contributed by atoms with Crippen LogP contribution in [0, 0.1) is 19.8 Å². The second-order valence-corrected chi connectivity index (χ2v) is 7.05. The Bertz CT molecular complexity index is 749. The maximum Gasteiger partial charge on any atom is 0.355 e. The number of amides is 1. The number of hydrogen-bond acceptors (Lipinski definition) is 5. The summed E-state index contributed by atoms with van der Waals surface area (Å²) < 4.78 is 1.95. The number of carboxylic acid groups (broad SMARTS) is 1. The molecule has 24 heavy (non-hydrogen) atoms. The first-order chi connectivity index (χ1) is 11.3. The molecule has 0 bridgehead atoms. The van der Waals surface area contributed by atoms with E-state index in [9.17, 15) is 9.59 Å². The zero-order valence-corrected chi connectivity index (χ0v) is 15.1. The zero-order chi connectivity index (χ0) is 17.9. The highest BCUT2D eigenvalue weighted by Crippen LogP contribution is 2.15. The molecule has 0 radical (unpaired) electrons. The molecule has 8 heteroatoms. The molecule has 130 valence electrons. The third-order valence-electron chi connectivity index (χ3n) is 3.61. The van der Waals surface area contributed by atoms with Gasteiger partial charge in [-0.3, -0.25) is 9.48 Å². The van der Waals surface area contributed by atoms with E-state index in [1.807, 2.05) is 18.5 Å². The van der Waals surface area contributed by atoms with Crippen molar-refractivity contribution < 1.29 is 14.7 Å². The average Bonchev–Trinajstić information content (AvgIpc) is 3.06. The van der Waals surface area contributed by atoms with Gasteiger partial charge >= 0.3 is 5.97 Å². The third kappa shape index (κ3) is 4.41. The molecule has 0 atom stereocenters. The van der Waals surface area contributed by atoms with Crippen molar-refractivity contribution in [1.29, 1.82) is 0 Å². The molecule has 0 aromatic carbocycles. The summed E-state index contributed by atoms with van der Waals surface area (Å²) >= 11 is 1.22. The Morgan fingerprint density at radius 2 is 2.08 bits per heavy atom. The summed E-state index contributed by atoms with van der Waals surface area (Å²) in [5, 5.41) is 18.2. The topological polar surface area (TPSA) is 97.1 Å². The van der Waals surface area contributed by atoms with Crippen molar-refractivity contribution in [3.63, 3.8) is 0 Å². The third-order valence-corrected chi connectivity index (χ3v) is 4.46. The number of carbonyl (C=O) groups excluding carboxylic acids is 1. The second-order valence-electron chi connectivity index (χ2n) is 6.11. The lowest BCUT2D eigenvalue weighted by molar-refractivity contribution is -0.120. The molecule has 0 unspecified atom stereocenters. The second kappa shape index (κ2) is 7.57. The number of carbonyl (C=O) groups is 2. The van der Waals surface area contributed by atoms with Gasteiger partial charge in [-0.05, 0) is 19.8 Å². The van der Waals surface area contributed by atoms with E-state index in [2.05, 4.69) is 29.2 Å². The van der Waals surface area contributed by atoms with Gasteiger partial charge in [0.25, 0.3) is 0 Å². The number of thiazole rings is 1. The van der Waals surface area contributed by atoms with Crippen molar-refractivity contribution in [3.05, 3.63) is 33.0 Å². The quantitative estimate of drug-likeness (QED) is 0.797. The predicted octanol–water partition coefficient (Wildman–Crippen LogP) is 2.17. The van der Waals surface area contributed by atoms with E-state index in [4.69, 9.17) is 5.11 Å². The Balaban J connectivity index is 1.97. The van der Waals surface area contributed by atoms with Crippen LogP contribution < -0.4 is 5.32 Å². The van der Waals surface area contributed by atoms with Crippen LogP contribution in [0.25, 0.3) is 0 Å². The van der Waals surface area contributed by atoms with Crippen LogP contribution in [0.5, 0.6) is 0 Å². The minimum Gasteiger partial charge on any atom is -0.476 e. The van der Waals surface area contributed by atoms with E-state index in [0.29, 0.717) is 10.9 Å². The number of aromatic nitrogens is 3. The Labute approximate surface area is 144 Å². The molecule has 2 aromatic heterocycles. The SMILES string of the molecule is Cc1nn(CC(C)C)c(C)c1CC(=O)NCc1nc(C(=O)O)cs1. The molecule has 2 aromatic rings. The summed E-state index contributed by atoms with van der Waals surface area (Å²) in [6, 6.07) is 0. The lowest BCUT2D eigenvalue weighted by atomic mass is 10.1. The summed E-state index contributed by atoms with van der Waals surface area (Å²) in [5.74, 6) is -0.706. The van der Waals surface area contributed by atoms with E-state index in [1.54, 1.807) is 0 Å². The standard InChI is InChI=1S/C16H22N4O3S/c1-9(2)7-20-11(4)12(10(3)19-20)5-14(21)17-6-15-18-13(8-24-15)16(22)23/h8-9H,5-7H2,1-4H3,(H,17,21)(H,22,23).